The smallest absolute Gasteiger partial charge is 0.367 e. The van der Waals surface area contributed by atoms with Crippen molar-refractivity contribution >= 4 is 8.80 Å². The van der Waals surface area contributed by atoms with Gasteiger partial charge >= 0.3 is 8.80 Å². The van der Waals surface area contributed by atoms with Crippen LogP contribution in [0.25, 0.3) is 0 Å². The normalized spacial score (nSPS) is 10.8. The van der Waals surface area contributed by atoms with Crippen LogP contribution in [0.2, 0.25) is 0 Å². The molecule has 0 aromatic heterocycles. The fourth-order valence-corrected chi connectivity index (χ4v) is 1.99. The van der Waals surface area contributed by atoms with Gasteiger partial charge in [-0.2, -0.15) is 0 Å². The predicted octanol–water partition coefficient (Wildman–Crippen LogP) is 1.60. The van der Waals surface area contributed by atoms with E-state index in [4.69, 9.17) is 13.3 Å². The third kappa shape index (κ3) is 4.43. The lowest BCUT2D eigenvalue weighted by Gasteiger charge is -2.17. The predicted molar refractivity (Wildman–Crippen MR) is 54.1 cm³/mol. The molecule has 76 valence electrons. The SMILES string of the molecule is CCCCC#C[Si](OC)(OC)OC. The van der Waals surface area contributed by atoms with Crippen LogP contribution in [0.5, 0.6) is 0 Å². The lowest BCUT2D eigenvalue weighted by Crippen LogP contribution is -2.41. The number of rotatable bonds is 5. The first-order chi connectivity index (χ1) is 6.24. The fraction of sp³-hybridized carbons (Fsp3) is 0.778. The molecule has 0 aromatic carbocycles. The van der Waals surface area contributed by atoms with Crippen LogP contribution in [0.1, 0.15) is 26.2 Å². The van der Waals surface area contributed by atoms with E-state index in [9.17, 15) is 0 Å². The third-order valence-electron chi connectivity index (χ3n) is 1.70. The molecule has 0 saturated carbocycles. The Kier molecular flexibility index (Phi) is 6.91. The van der Waals surface area contributed by atoms with E-state index in [1.165, 1.54) is 0 Å². The summed E-state index contributed by atoms with van der Waals surface area (Å²) in [7, 11) is 2.06. The van der Waals surface area contributed by atoms with Gasteiger partial charge in [-0.15, -0.1) is 5.92 Å². The lowest BCUT2D eigenvalue weighted by molar-refractivity contribution is 0.141. The second-order valence-corrected chi connectivity index (χ2v) is 5.16. The standard InChI is InChI=1S/C9H18O3Si/c1-5-6-7-8-9-13(10-2,11-3)12-4/h5-7H2,1-4H3. The van der Waals surface area contributed by atoms with E-state index in [0.29, 0.717) is 0 Å². The van der Waals surface area contributed by atoms with Gasteiger partial charge in [-0.3, -0.25) is 0 Å². The first-order valence-electron chi connectivity index (χ1n) is 4.40. The van der Waals surface area contributed by atoms with Crippen LogP contribution in [0, 0.1) is 11.5 Å². The molecule has 0 radical (unpaired) electrons. The molecule has 0 heterocycles. The fourth-order valence-electron chi connectivity index (χ4n) is 0.839. The molecule has 4 heteroatoms. The quantitative estimate of drug-likeness (QED) is 0.385. The van der Waals surface area contributed by atoms with E-state index in [1.807, 2.05) is 0 Å². The molecule has 0 aromatic rings. The van der Waals surface area contributed by atoms with Crippen molar-refractivity contribution in [3.8, 4) is 11.5 Å². The zero-order valence-electron chi connectivity index (χ0n) is 8.85. The number of unbranched alkanes of at least 4 members (excludes halogenated alkanes) is 2. The molecule has 13 heavy (non-hydrogen) atoms. The summed E-state index contributed by atoms with van der Waals surface area (Å²) in [4.78, 5) is 0. The Morgan fingerprint density at radius 3 is 2.00 bits per heavy atom. The van der Waals surface area contributed by atoms with Crippen molar-refractivity contribution < 1.29 is 13.3 Å². The second-order valence-electron chi connectivity index (χ2n) is 2.57. The summed E-state index contributed by atoms with van der Waals surface area (Å²) in [5.74, 6) is 3.02. The number of hydrogen-bond acceptors (Lipinski definition) is 3. The van der Waals surface area contributed by atoms with Crippen molar-refractivity contribution in [1.82, 2.24) is 0 Å². The second kappa shape index (κ2) is 7.10. The van der Waals surface area contributed by atoms with Gasteiger partial charge in [0.1, 0.15) is 0 Å². The molecular formula is C9H18O3Si. The van der Waals surface area contributed by atoms with E-state index in [2.05, 4.69) is 18.4 Å². The molecule has 0 spiro atoms. The molecule has 0 aliphatic carbocycles. The van der Waals surface area contributed by atoms with Crippen molar-refractivity contribution in [1.29, 1.82) is 0 Å². The highest BCUT2D eigenvalue weighted by Gasteiger charge is 2.36. The van der Waals surface area contributed by atoms with Gasteiger partial charge in [-0.25, -0.2) is 0 Å². The van der Waals surface area contributed by atoms with E-state index < -0.39 is 8.80 Å². The maximum Gasteiger partial charge on any atom is 0.590 e. The highest BCUT2D eigenvalue weighted by Crippen LogP contribution is 2.03. The Morgan fingerprint density at radius 1 is 1.08 bits per heavy atom. The van der Waals surface area contributed by atoms with Crippen LogP contribution in [-0.4, -0.2) is 30.1 Å². The summed E-state index contributed by atoms with van der Waals surface area (Å²) in [6, 6.07) is 0. The van der Waals surface area contributed by atoms with Gasteiger partial charge < -0.3 is 13.3 Å². The maximum atomic E-state index is 5.14. The van der Waals surface area contributed by atoms with Gasteiger partial charge in [-0.1, -0.05) is 13.3 Å². The largest absolute Gasteiger partial charge is 0.590 e. The summed E-state index contributed by atoms with van der Waals surface area (Å²) in [5.41, 5.74) is 2.94. The molecule has 0 unspecified atom stereocenters. The highest BCUT2D eigenvalue weighted by molar-refractivity contribution is 6.69. The molecule has 0 fully saturated rings. The minimum absolute atomic E-state index is 0.876. The summed E-state index contributed by atoms with van der Waals surface area (Å²) >= 11 is 0. The lowest BCUT2D eigenvalue weighted by atomic mass is 10.3. The van der Waals surface area contributed by atoms with Crippen LogP contribution < -0.4 is 0 Å². The van der Waals surface area contributed by atoms with Crippen molar-refractivity contribution in [2.45, 2.75) is 26.2 Å². The van der Waals surface area contributed by atoms with Crippen LogP contribution in [0.4, 0.5) is 0 Å². The van der Waals surface area contributed by atoms with Crippen molar-refractivity contribution in [3.63, 3.8) is 0 Å². The zero-order valence-corrected chi connectivity index (χ0v) is 9.85. The Labute approximate surface area is 81.7 Å². The molecule has 0 aliphatic rings. The molecule has 0 saturated heterocycles. The average molecular weight is 202 g/mol. The molecule has 3 nitrogen and oxygen atoms in total. The van der Waals surface area contributed by atoms with Gasteiger partial charge in [0.2, 0.25) is 0 Å². The van der Waals surface area contributed by atoms with Gasteiger partial charge in [0.05, 0.1) is 0 Å². The molecule has 0 atom stereocenters. The number of hydrogen-bond donors (Lipinski definition) is 0. The Bertz CT molecular complexity index is 171. The first-order valence-corrected chi connectivity index (χ1v) is 6.12. The van der Waals surface area contributed by atoms with E-state index >= 15 is 0 Å². The van der Waals surface area contributed by atoms with Gasteiger partial charge in [-0.05, 0) is 12.0 Å². The minimum Gasteiger partial charge on any atom is -0.367 e. The first kappa shape index (κ1) is 12.7. The third-order valence-corrected chi connectivity index (χ3v) is 3.80. The molecule has 0 rings (SSSR count). The van der Waals surface area contributed by atoms with Gasteiger partial charge in [0.25, 0.3) is 0 Å². The molecule has 0 N–H and O–H groups in total. The Morgan fingerprint density at radius 2 is 1.62 bits per heavy atom. The maximum absolute atomic E-state index is 5.14. The van der Waals surface area contributed by atoms with E-state index in [1.54, 1.807) is 21.3 Å². The Hall–Kier alpha value is -0.343. The van der Waals surface area contributed by atoms with Crippen molar-refractivity contribution in [3.05, 3.63) is 0 Å². The minimum atomic E-state index is -2.63. The molecule has 0 amide bonds. The summed E-state index contributed by atoms with van der Waals surface area (Å²) in [5, 5.41) is 0. The summed E-state index contributed by atoms with van der Waals surface area (Å²) in [6.45, 7) is 2.13. The van der Waals surface area contributed by atoms with Crippen molar-refractivity contribution in [2.24, 2.45) is 0 Å². The summed E-state index contributed by atoms with van der Waals surface area (Å²) in [6.07, 6.45) is 3.13. The van der Waals surface area contributed by atoms with E-state index in [-0.39, 0.29) is 0 Å². The topological polar surface area (TPSA) is 27.7 Å². The van der Waals surface area contributed by atoms with Gasteiger partial charge in [0, 0.05) is 27.8 Å². The van der Waals surface area contributed by atoms with Gasteiger partial charge in [0.15, 0.2) is 0 Å². The van der Waals surface area contributed by atoms with Crippen LogP contribution in [0.3, 0.4) is 0 Å². The molecular weight excluding hydrogens is 184 g/mol. The Balaban J connectivity index is 4.11. The van der Waals surface area contributed by atoms with Crippen LogP contribution >= 0.6 is 0 Å². The molecule has 0 aliphatic heterocycles. The van der Waals surface area contributed by atoms with E-state index in [0.717, 1.165) is 19.3 Å². The molecule has 0 bridgehead atoms. The van der Waals surface area contributed by atoms with Crippen molar-refractivity contribution in [2.75, 3.05) is 21.3 Å². The van der Waals surface area contributed by atoms with Crippen LogP contribution in [-0.2, 0) is 13.3 Å². The monoisotopic (exact) mass is 202 g/mol. The zero-order chi connectivity index (χ0) is 10.2. The van der Waals surface area contributed by atoms with Crippen LogP contribution in [0.15, 0.2) is 0 Å². The summed E-state index contributed by atoms with van der Waals surface area (Å²) < 4.78 is 15.4. The highest BCUT2D eigenvalue weighted by atomic mass is 28.4. The average Bonchev–Trinajstić information content (AvgIpc) is 2.20.